The van der Waals surface area contributed by atoms with E-state index in [1.165, 1.54) is 30.8 Å². The molecule has 3 heterocycles. The number of nitro benzene ring substituents is 1. The first-order chi connectivity index (χ1) is 18.9. The van der Waals surface area contributed by atoms with Crippen LogP contribution >= 0.6 is 0 Å². The number of aromatic nitrogens is 3. The molecular weight excluding hydrogens is 501 g/mol. The fourth-order valence-corrected chi connectivity index (χ4v) is 4.82. The van der Waals surface area contributed by atoms with Gasteiger partial charge in [-0.15, -0.1) is 0 Å². The third-order valence-corrected chi connectivity index (χ3v) is 7.06. The van der Waals surface area contributed by atoms with Crippen molar-refractivity contribution in [3.05, 3.63) is 64.0 Å². The number of rotatable bonds is 8. The van der Waals surface area contributed by atoms with E-state index in [2.05, 4.69) is 47.5 Å². The molecule has 2 saturated heterocycles. The number of nitro groups is 1. The minimum absolute atomic E-state index is 0.0619. The highest BCUT2D eigenvalue weighted by Crippen LogP contribution is 2.32. The molecule has 0 bridgehead atoms. The van der Waals surface area contributed by atoms with E-state index in [-0.39, 0.29) is 22.4 Å². The van der Waals surface area contributed by atoms with Crippen LogP contribution in [0.15, 0.2) is 47.6 Å². The molecule has 0 atom stereocenters. The van der Waals surface area contributed by atoms with Crippen molar-refractivity contribution in [2.75, 3.05) is 46.7 Å². The maximum atomic E-state index is 13.3. The Morgan fingerprint density at radius 2 is 1.69 bits per heavy atom. The lowest BCUT2D eigenvalue weighted by Crippen LogP contribution is -2.33. The third-order valence-electron chi connectivity index (χ3n) is 7.06. The van der Waals surface area contributed by atoms with Crippen molar-refractivity contribution >= 4 is 41.1 Å². The molecule has 2 aliphatic rings. The van der Waals surface area contributed by atoms with E-state index in [0.717, 1.165) is 51.9 Å². The summed E-state index contributed by atoms with van der Waals surface area (Å²) >= 11 is 0. The number of nitrogens with zero attached hydrogens (tertiary/aromatic N) is 7. The average molecular weight is 534 g/mol. The molecule has 1 aromatic heterocycles. The van der Waals surface area contributed by atoms with Gasteiger partial charge in [-0.25, -0.2) is 9.82 Å². The molecule has 5 rings (SSSR count). The lowest BCUT2D eigenvalue weighted by molar-refractivity contribution is -0.384. The first-order valence-electron chi connectivity index (χ1n) is 13.3. The fraction of sp³-hybridized carbons (Fsp3) is 0.407. The second-order valence-corrected chi connectivity index (χ2v) is 10.0. The monoisotopic (exact) mass is 533 g/mol. The summed E-state index contributed by atoms with van der Waals surface area (Å²) in [4.78, 5) is 29.2. The Morgan fingerprint density at radius 3 is 2.41 bits per heavy atom. The molecule has 39 heavy (non-hydrogen) atoms. The zero-order chi connectivity index (χ0) is 27.2. The topological polar surface area (TPSA) is 125 Å². The largest absolute Gasteiger partial charge is 0.366 e. The highest BCUT2D eigenvalue weighted by Gasteiger charge is 2.23. The second-order valence-electron chi connectivity index (χ2n) is 10.0. The number of hydrazone groups is 1. The van der Waals surface area contributed by atoms with Gasteiger partial charge in [0.25, 0.3) is 5.69 Å². The van der Waals surface area contributed by atoms with E-state index in [1.54, 1.807) is 18.2 Å². The Morgan fingerprint density at radius 1 is 0.974 bits per heavy atom. The lowest BCUT2D eigenvalue weighted by atomic mass is 9.98. The Bertz CT molecular complexity index is 1320. The number of hydrogen-bond acceptors (Lipinski definition) is 10. The van der Waals surface area contributed by atoms with Crippen LogP contribution in [0.2, 0.25) is 0 Å². The van der Waals surface area contributed by atoms with Gasteiger partial charge in [-0.3, -0.25) is 10.1 Å². The summed E-state index contributed by atoms with van der Waals surface area (Å²) in [5.41, 5.74) is 4.76. The molecular formula is C27H32FN9O2. The Hall–Kier alpha value is -4.35. The summed E-state index contributed by atoms with van der Waals surface area (Å²) in [5.74, 6) is 1.34. The predicted molar refractivity (Wildman–Crippen MR) is 150 cm³/mol. The zero-order valence-corrected chi connectivity index (χ0v) is 21.9. The molecule has 11 nitrogen and oxygen atoms in total. The normalized spacial score (nSPS) is 16.5. The van der Waals surface area contributed by atoms with Gasteiger partial charge in [-0.2, -0.15) is 20.1 Å². The molecule has 3 aromatic rings. The summed E-state index contributed by atoms with van der Waals surface area (Å²) in [6.07, 6.45) is 6.82. The minimum Gasteiger partial charge on any atom is -0.366 e. The van der Waals surface area contributed by atoms with Crippen LogP contribution < -0.4 is 20.5 Å². The van der Waals surface area contributed by atoms with Crippen LogP contribution in [0.5, 0.6) is 0 Å². The summed E-state index contributed by atoms with van der Waals surface area (Å²) in [6, 6.07) is 11.1. The average Bonchev–Trinajstić information content (AvgIpc) is 2.95. The smallest absolute Gasteiger partial charge is 0.293 e. The summed E-state index contributed by atoms with van der Waals surface area (Å²) in [7, 11) is 0. The Balaban J connectivity index is 1.34. The quantitative estimate of drug-likeness (QED) is 0.224. The van der Waals surface area contributed by atoms with Gasteiger partial charge in [-0.1, -0.05) is 13.0 Å². The van der Waals surface area contributed by atoms with E-state index in [9.17, 15) is 14.5 Å². The third kappa shape index (κ3) is 6.75. The number of benzene rings is 2. The molecule has 2 aromatic carbocycles. The number of piperidine rings is 2. The molecule has 2 N–H and O–H groups in total. The fourth-order valence-electron chi connectivity index (χ4n) is 4.82. The van der Waals surface area contributed by atoms with Gasteiger partial charge in [0.15, 0.2) is 0 Å². The maximum absolute atomic E-state index is 13.3. The standard InChI is InChI=1S/C27H32FN9O2/c1-19-11-15-35(16-12-19)23-10-5-20(17-24(23)37(38)39)18-29-34-26-31-25(30-22-8-6-21(28)7-9-22)32-27(33-26)36-13-3-2-4-14-36/h5-10,17-19H,2-4,11-16H2,1H3,(H2,30,31,32,33,34)/b29-18-. The van der Waals surface area contributed by atoms with Gasteiger partial charge in [0.1, 0.15) is 11.5 Å². The van der Waals surface area contributed by atoms with Crippen LogP contribution in [0.4, 0.5) is 39.3 Å². The molecule has 0 radical (unpaired) electrons. The predicted octanol–water partition coefficient (Wildman–Crippen LogP) is 5.34. The Kier molecular flexibility index (Phi) is 8.09. The van der Waals surface area contributed by atoms with Crippen LogP contribution in [0, 0.1) is 21.8 Å². The first kappa shape index (κ1) is 26.3. The van der Waals surface area contributed by atoms with E-state index in [1.807, 2.05) is 6.07 Å². The SMILES string of the molecule is CC1CCN(c2ccc(/C=N\Nc3nc(Nc4ccc(F)cc4)nc(N4CCCCC4)n3)cc2[N+](=O)[O-])CC1. The van der Waals surface area contributed by atoms with Gasteiger partial charge >= 0.3 is 0 Å². The van der Waals surface area contributed by atoms with Crippen LogP contribution in [-0.4, -0.2) is 52.3 Å². The van der Waals surface area contributed by atoms with E-state index < -0.39 is 0 Å². The van der Waals surface area contributed by atoms with Crippen LogP contribution in [0.25, 0.3) is 0 Å². The number of nitrogens with one attached hydrogen (secondary N) is 2. The van der Waals surface area contributed by atoms with Gasteiger partial charge in [0.2, 0.25) is 17.8 Å². The molecule has 0 aliphatic carbocycles. The second kappa shape index (κ2) is 12.0. The van der Waals surface area contributed by atoms with Crippen molar-refractivity contribution in [3.8, 4) is 0 Å². The van der Waals surface area contributed by atoms with Crippen molar-refractivity contribution in [2.24, 2.45) is 11.0 Å². The molecule has 0 spiro atoms. The molecule has 0 saturated carbocycles. The first-order valence-corrected chi connectivity index (χ1v) is 13.3. The summed E-state index contributed by atoms with van der Waals surface area (Å²) in [6.45, 7) is 5.51. The lowest BCUT2D eigenvalue weighted by Gasteiger charge is -2.31. The van der Waals surface area contributed by atoms with Crippen LogP contribution in [-0.2, 0) is 0 Å². The number of anilines is 5. The van der Waals surface area contributed by atoms with Crippen molar-refractivity contribution in [2.45, 2.75) is 39.0 Å². The van der Waals surface area contributed by atoms with Gasteiger partial charge in [-0.05, 0) is 68.4 Å². The highest BCUT2D eigenvalue weighted by atomic mass is 19.1. The van der Waals surface area contributed by atoms with Crippen molar-refractivity contribution in [1.29, 1.82) is 0 Å². The van der Waals surface area contributed by atoms with E-state index >= 15 is 0 Å². The Labute approximate surface area is 226 Å². The van der Waals surface area contributed by atoms with Crippen molar-refractivity contribution in [3.63, 3.8) is 0 Å². The number of halogens is 1. The van der Waals surface area contributed by atoms with Crippen LogP contribution in [0.3, 0.4) is 0 Å². The molecule has 204 valence electrons. The van der Waals surface area contributed by atoms with Gasteiger partial charge in [0.05, 0.1) is 11.1 Å². The van der Waals surface area contributed by atoms with Gasteiger partial charge in [0, 0.05) is 43.5 Å². The van der Waals surface area contributed by atoms with Crippen molar-refractivity contribution in [1.82, 2.24) is 15.0 Å². The zero-order valence-electron chi connectivity index (χ0n) is 21.9. The van der Waals surface area contributed by atoms with Gasteiger partial charge < -0.3 is 15.1 Å². The maximum Gasteiger partial charge on any atom is 0.293 e. The van der Waals surface area contributed by atoms with Crippen molar-refractivity contribution < 1.29 is 9.31 Å². The molecule has 0 unspecified atom stereocenters. The van der Waals surface area contributed by atoms with E-state index in [0.29, 0.717) is 34.8 Å². The van der Waals surface area contributed by atoms with E-state index in [4.69, 9.17) is 0 Å². The summed E-state index contributed by atoms with van der Waals surface area (Å²) < 4.78 is 13.3. The van der Waals surface area contributed by atoms with Crippen LogP contribution in [0.1, 0.15) is 44.6 Å². The molecule has 12 heteroatoms. The molecule has 2 aliphatic heterocycles. The highest BCUT2D eigenvalue weighted by molar-refractivity contribution is 5.83. The minimum atomic E-state index is -0.345. The summed E-state index contributed by atoms with van der Waals surface area (Å²) in [5, 5.41) is 19.2. The number of hydrogen-bond donors (Lipinski definition) is 2. The molecule has 0 amide bonds. The molecule has 2 fully saturated rings.